The van der Waals surface area contributed by atoms with E-state index in [0.717, 1.165) is 9.90 Å². The van der Waals surface area contributed by atoms with Crippen molar-refractivity contribution in [2.45, 2.75) is 17.0 Å². The van der Waals surface area contributed by atoms with Crippen molar-refractivity contribution in [2.75, 3.05) is 5.73 Å². The van der Waals surface area contributed by atoms with Crippen LogP contribution in [0.5, 0.6) is 0 Å². The zero-order chi connectivity index (χ0) is 13.9. The minimum absolute atomic E-state index is 0.459. The van der Waals surface area contributed by atoms with Crippen LogP contribution in [0, 0.1) is 6.92 Å². The number of hydrogen-bond acceptors (Lipinski definition) is 8. The van der Waals surface area contributed by atoms with Gasteiger partial charge >= 0.3 is 0 Å². The first-order chi connectivity index (χ1) is 9.70. The summed E-state index contributed by atoms with van der Waals surface area (Å²) in [5.41, 5.74) is 7.63. The van der Waals surface area contributed by atoms with Crippen molar-refractivity contribution in [2.24, 2.45) is 0 Å². The predicted molar refractivity (Wildman–Crippen MR) is 78.4 cm³/mol. The van der Waals surface area contributed by atoms with Gasteiger partial charge in [0.2, 0.25) is 5.13 Å². The number of anilines is 1. The zero-order valence-electron chi connectivity index (χ0n) is 10.6. The van der Waals surface area contributed by atoms with E-state index in [4.69, 9.17) is 10.3 Å². The van der Waals surface area contributed by atoms with Crippen molar-refractivity contribution >= 4 is 28.2 Å². The maximum atomic E-state index is 5.52. The van der Waals surface area contributed by atoms with E-state index in [9.17, 15) is 0 Å². The molecule has 0 fully saturated rings. The first-order valence-corrected chi connectivity index (χ1v) is 7.62. The van der Waals surface area contributed by atoms with Gasteiger partial charge in [0.25, 0.3) is 5.89 Å². The fraction of sp³-hybridized carbons (Fsp3) is 0.167. The number of rotatable bonds is 4. The van der Waals surface area contributed by atoms with Gasteiger partial charge in [0.15, 0.2) is 10.2 Å². The van der Waals surface area contributed by atoms with Crippen molar-refractivity contribution in [1.82, 2.24) is 20.3 Å². The number of aryl methyl sites for hydroxylation is 1. The molecule has 0 aliphatic rings. The summed E-state index contributed by atoms with van der Waals surface area (Å²) in [5, 5.41) is 12.1. The SMILES string of the molecule is Cc1ccc(-c2nc(CSc3nnc(N)s3)no2)cc1. The molecular weight excluding hydrogens is 294 g/mol. The van der Waals surface area contributed by atoms with E-state index in [0.29, 0.717) is 22.6 Å². The third-order valence-electron chi connectivity index (χ3n) is 2.51. The fourth-order valence-corrected chi connectivity index (χ4v) is 3.01. The minimum Gasteiger partial charge on any atom is -0.374 e. The maximum absolute atomic E-state index is 5.52. The number of thioether (sulfide) groups is 1. The summed E-state index contributed by atoms with van der Waals surface area (Å²) in [6.07, 6.45) is 0. The molecule has 0 spiro atoms. The third kappa shape index (κ3) is 2.97. The van der Waals surface area contributed by atoms with Gasteiger partial charge in [0.1, 0.15) is 0 Å². The monoisotopic (exact) mass is 305 g/mol. The lowest BCUT2D eigenvalue weighted by Gasteiger charge is -1.94. The molecule has 20 heavy (non-hydrogen) atoms. The van der Waals surface area contributed by atoms with Gasteiger partial charge in [-0.05, 0) is 19.1 Å². The van der Waals surface area contributed by atoms with Gasteiger partial charge in [-0.1, -0.05) is 46.0 Å². The molecule has 6 nitrogen and oxygen atoms in total. The Labute approximate surface area is 123 Å². The Morgan fingerprint density at radius 2 is 2.05 bits per heavy atom. The van der Waals surface area contributed by atoms with Crippen molar-refractivity contribution in [3.63, 3.8) is 0 Å². The third-order valence-corrected chi connectivity index (χ3v) is 4.40. The number of hydrogen-bond donors (Lipinski definition) is 1. The van der Waals surface area contributed by atoms with E-state index < -0.39 is 0 Å². The van der Waals surface area contributed by atoms with E-state index in [1.165, 1.54) is 28.7 Å². The number of aromatic nitrogens is 4. The molecule has 3 aromatic rings. The molecule has 102 valence electrons. The average molecular weight is 305 g/mol. The highest BCUT2D eigenvalue weighted by Crippen LogP contribution is 2.26. The van der Waals surface area contributed by atoms with Crippen LogP contribution < -0.4 is 5.73 Å². The van der Waals surface area contributed by atoms with E-state index >= 15 is 0 Å². The molecule has 0 aliphatic heterocycles. The van der Waals surface area contributed by atoms with Crippen LogP contribution in [-0.4, -0.2) is 20.3 Å². The normalized spacial score (nSPS) is 10.8. The first kappa shape index (κ1) is 13.1. The number of nitrogens with two attached hydrogens (primary N) is 1. The molecule has 0 bridgehead atoms. The van der Waals surface area contributed by atoms with Crippen LogP contribution in [0.25, 0.3) is 11.5 Å². The Bertz CT molecular complexity index is 707. The fourth-order valence-electron chi connectivity index (χ4n) is 1.53. The van der Waals surface area contributed by atoms with Crippen LogP contribution >= 0.6 is 23.1 Å². The molecule has 2 N–H and O–H groups in total. The summed E-state index contributed by atoms with van der Waals surface area (Å²) >= 11 is 2.83. The summed E-state index contributed by atoms with van der Waals surface area (Å²) in [4.78, 5) is 4.36. The molecule has 0 atom stereocenters. The van der Waals surface area contributed by atoms with Crippen LogP contribution in [0.15, 0.2) is 33.1 Å². The lowest BCUT2D eigenvalue weighted by atomic mass is 10.1. The highest BCUT2D eigenvalue weighted by Gasteiger charge is 2.10. The summed E-state index contributed by atoms with van der Waals surface area (Å²) in [7, 11) is 0. The molecule has 0 radical (unpaired) electrons. The molecule has 1 aromatic carbocycles. The van der Waals surface area contributed by atoms with Crippen molar-refractivity contribution in [3.8, 4) is 11.5 Å². The largest absolute Gasteiger partial charge is 0.374 e. The van der Waals surface area contributed by atoms with Crippen molar-refractivity contribution < 1.29 is 4.52 Å². The van der Waals surface area contributed by atoms with Crippen molar-refractivity contribution in [1.29, 1.82) is 0 Å². The van der Waals surface area contributed by atoms with Crippen LogP contribution in [-0.2, 0) is 5.75 Å². The number of benzene rings is 1. The number of nitrogen functional groups attached to an aromatic ring is 1. The Morgan fingerprint density at radius 1 is 1.25 bits per heavy atom. The Morgan fingerprint density at radius 3 is 2.75 bits per heavy atom. The molecule has 2 aromatic heterocycles. The molecule has 8 heteroatoms. The molecule has 0 aliphatic carbocycles. The molecule has 0 saturated heterocycles. The molecule has 0 unspecified atom stereocenters. The maximum Gasteiger partial charge on any atom is 0.257 e. The van der Waals surface area contributed by atoms with Gasteiger partial charge < -0.3 is 10.3 Å². The molecular formula is C12H11N5OS2. The van der Waals surface area contributed by atoms with Crippen LogP contribution in [0.3, 0.4) is 0 Å². The summed E-state index contributed by atoms with van der Waals surface area (Å²) < 4.78 is 6.05. The highest BCUT2D eigenvalue weighted by molar-refractivity contribution is 8.00. The lowest BCUT2D eigenvalue weighted by Crippen LogP contribution is -1.84. The summed E-state index contributed by atoms with van der Waals surface area (Å²) in [6.45, 7) is 2.04. The average Bonchev–Trinajstić information content (AvgIpc) is 3.06. The first-order valence-electron chi connectivity index (χ1n) is 5.82. The van der Waals surface area contributed by atoms with Crippen LogP contribution in [0.2, 0.25) is 0 Å². The van der Waals surface area contributed by atoms with Gasteiger partial charge in [-0.25, -0.2) is 0 Å². The predicted octanol–water partition coefficient (Wildman–Crippen LogP) is 2.77. The summed E-state index contributed by atoms with van der Waals surface area (Å²) in [5.74, 6) is 1.72. The standard InChI is InChI=1S/C12H11N5OS2/c1-7-2-4-8(5-3-7)10-14-9(17-18-10)6-19-12-16-15-11(13)20-12/h2-5H,6H2,1H3,(H2,13,15). The highest BCUT2D eigenvalue weighted by atomic mass is 32.2. The topological polar surface area (TPSA) is 90.7 Å². The minimum atomic E-state index is 0.459. The van der Waals surface area contributed by atoms with E-state index in [1.54, 1.807) is 0 Å². The van der Waals surface area contributed by atoms with E-state index in [1.807, 2.05) is 31.2 Å². The zero-order valence-corrected chi connectivity index (χ0v) is 12.2. The van der Waals surface area contributed by atoms with E-state index in [2.05, 4.69) is 20.3 Å². The van der Waals surface area contributed by atoms with Gasteiger partial charge in [0.05, 0.1) is 5.75 Å². The van der Waals surface area contributed by atoms with Gasteiger partial charge in [-0.2, -0.15) is 4.98 Å². The Balaban J connectivity index is 1.69. The smallest absolute Gasteiger partial charge is 0.257 e. The number of nitrogens with zero attached hydrogens (tertiary/aromatic N) is 4. The second kappa shape index (κ2) is 5.59. The lowest BCUT2D eigenvalue weighted by molar-refractivity contribution is 0.425. The second-order valence-corrected chi connectivity index (χ2v) is 6.31. The molecule has 2 heterocycles. The van der Waals surface area contributed by atoms with Crippen LogP contribution in [0.4, 0.5) is 5.13 Å². The summed E-state index contributed by atoms with van der Waals surface area (Å²) in [6, 6.07) is 7.95. The van der Waals surface area contributed by atoms with Gasteiger partial charge in [-0.3, -0.25) is 0 Å². The van der Waals surface area contributed by atoms with Gasteiger partial charge in [0, 0.05) is 5.56 Å². The Kier molecular flexibility index (Phi) is 3.66. The molecule has 0 saturated carbocycles. The Hall–Kier alpha value is -1.93. The van der Waals surface area contributed by atoms with Crippen LogP contribution in [0.1, 0.15) is 11.4 Å². The van der Waals surface area contributed by atoms with E-state index in [-0.39, 0.29) is 0 Å². The molecule has 3 rings (SSSR count). The second-order valence-electron chi connectivity index (χ2n) is 4.08. The quantitative estimate of drug-likeness (QED) is 0.741. The molecule has 0 amide bonds. The van der Waals surface area contributed by atoms with Gasteiger partial charge in [-0.15, -0.1) is 10.2 Å². The van der Waals surface area contributed by atoms with Crippen molar-refractivity contribution in [3.05, 3.63) is 35.7 Å².